The predicted octanol–water partition coefficient (Wildman–Crippen LogP) is 4.69. The first-order valence-corrected chi connectivity index (χ1v) is 6.77. The SMILES string of the molecule is CNC(c1cccc(F)c1)c1cc(Cl)c(Br)cc1F. The molecular formula is C14H11BrClF2N. The van der Waals surface area contributed by atoms with Gasteiger partial charge in [0.2, 0.25) is 0 Å². The van der Waals surface area contributed by atoms with E-state index in [0.29, 0.717) is 20.6 Å². The Balaban J connectivity index is 2.51. The van der Waals surface area contributed by atoms with E-state index in [1.807, 2.05) is 0 Å². The van der Waals surface area contributed by atoms with Crippen molar-refractivity contribution < 1.29 is 8.78 Å². The van der Waals surface area contributed by atoms with Crippen LogP contribution in [0, 0.1) is 11.6 Å². The minimum Gasteiger partial charge on any atom is -0.309 e. The van der Waals surface area contributed by atoms with Crippen LogP contribution >= 0.6 is 27.5 Å². The lowest BCUT2D eigenvalue weighted by atomic mass is 9.98. The van der Waals surface area contributed by atoms with Crippen molar-refractivity contribution in [2.24, 2.45) is 0 Å². The molecule has 0 saturated heterocycles. The zero-order valence-corrected chi connectivity index (χ0v) is 12.4. The molecule has 0 radical (unpaired) electrons. The predicted molar refractivity (Wildman–Crippen MR) is 76.4 cm³/mol. The minimum absolute atomic E-state index is 0.360. The fraction of sp³-hybridized carbons (Fsp3) is 0.143. The molecule has 5 heteroatoms. The average Bonchev–Trinajstić information content (AvgIpc) is 2.36. The summed E-state index contributed by atoms with van der Waals surface area (Å²) >= 11 is 9.16. The molecule has 1 unspecified atom stereocenters. The van der Waals surface area contributed by atoms with Gasteiger partial charge in [-0.3, -0.25) is 0 Å². The summed E-state index contributed by atoms with van der Waals surface area (Å²) in [5.41, 5.74) is 1.01. The van der Waals surface area contributed by atoms with Crippen LogP contribution in [0.5, 0.6) is 0 Å². The smallest absolute Gasteiger partial charge is 0.129 e. The van der Waals surface area contributed by atoms with Crippen LogP contribution in [-0.4, -0.2) is 7.05 Å². The molecule has 0 aliphatic rings. The van der Waals surface area contributed by atoms with Gasteiger partial charge in [0.1, 0.15) is 11.6 Å². The lowest BCUT2D eigenvalue weighted by Crippen LogP contribution is -2.19. The third kappa shape index (κ3) is 3.14. The van der Waals surface area contributed by atoms with Gasteiger partial charge in [-0.15, -0.1) is 0 Å². The Hall–Kier alpha value is -0.970. The first-order chi connectivity index (χ1) is 9.02. The summed E-state index contributed by atoms with van der Waals surface area (Å²) in [7, 11) is 1.69. The first kappa shape index (κ1) is 14.4. The van der Waals surface area contributed by atoms with E-state index < -0.39 is 11.9 Å². The molecule has 1 atom stereocenters. The molecule has 0 heterocycles. The maximum Gasteiger partial charge on any atom is 0.129 e. The highest BCUT2D eigenvalue weighted by molar-refractivity contribution is 9.10. The molecule has 0 bridgehead atoms. The Kier molecular flexibility index (Phi) is 4.55. The quantitative estimate of drug-likeness (QED) is 0.795. The monoisotopic (exact) mass is 345 g/mol. The molecule has 0 saturated carbocycles. The number of halogens is 4. The summed E-state index contributed by atoms with van der Waals surface area (Å²) in [6, 6.07) is 8.43. The van der Waals surface area contributed by atoms with Crippen molar-refractivity contribution in [3.63, 3.8) is 0 Å². The number of hydrogen-bond acceptors (Lipinski definition) is 1. The number of hydrogen-bond donors (Lipinski definition) is 1. The van der Waals surface area contributed by atoms with Crippen molar-refractivity contribution in [1.82, 2.24) is 5.32 Å². The van der Waals surface area contributed by atoms with E-state index in [0.717, 1.165) is 0 Å². The molecule has 0 aliphatic heterocycles. The Morgan fingerprint density at radius 1 is 1.21 bits per heavy atom. The molecule has 0 aromatic heterocycles. The van der Waals surface area contributed by atoms with Crippen LogP contribution in [0.4, 0.5) is 8.78 Å². The van der Waals surface area contributed by atoms with Gasteiger partial charge in [0, 0.05) is 10.0 Å². The summed E-state index contributed by atoms with van der Waals surface area (Å²) in [5.74, 6) is -0.763. The van der Waals surface area contributed by atoms with Gasteiger partial charge in [-0.2, -0.15) is 0 Å². The molecule has 2 aromatic rings. The third-order valence-electron chi connectivity index (χ3n) is 2.82. The number of nitrogens with one attached hydrogen (secondary N) is 1. The van der Waals surface area contributed by atoms with Crippen LogP contribution in [0.1, 0.15) is 17.2 Å². The molecule has 2 aromatic carbocycles. The van der Waals surface area contributed by atoms with E-state index in [2.05, 4.69) is 21.2 Å². The highest BCUT2D eigenvalue weighted by atomic mass is 79.9. The summed E-state index contributed by atoms with van der Waals surface area (Å²) in [6.07, 6.45) is 0. The Morgan fingerprint density at radius 3 is 2.58 bits per heavy atom. The van der Waals surface area contributed by atoms with Crippen LogP contribution in [0.2, 0.25) is 5.02 Å². The van der Waals surface area contributed by atoms with Crippen LogP contribution in [0.3, 0.4) is 0 Å². The van der Waals surface area contributed by atoms with Crippen LogP contribution in [-0.2, 0) is 0 Å². The third-order valence-corrected chi connectivity index (χ3v) is 4.02. The molecule has 0 fully saturated rings. The van der Waals surface area contributed by atoms with E-state index in [1.165, 1.54) is 24.3 Å². The number of rotatable bonds is 3. The second-order valence-electron chi connectivity index (χ2n) is 4.06. The van der Waals surface area contributed by atoms with Gasteiger partial charge >= 0.3 is 0 Å². The minimum atomic E-state index is -0.457. The van der Waals surface area contributed by atoms with E-state index in [-0.39, 0.29) is 5.82 Å². The van der Waals surface area contributed by atoms with Crippen molar-refractivity contribution in [2.75, 3.05) is 7.05 Å². The van der Waals surface area contributed by atoms with Gasteiger partial charge < -0.3 is 5.32 Å². The molecule has 1 N–H and O–H groups in total. The van der Waals surface area contributed by atoms with Gasteiger partial charge in [0.25, 0.3) is 0 Å². The standard InChI is InChI=1S/C14H11BrClF2N/c1-19-14(8-3-2-4-9(17)5-8)10-6-12(16)11(15)7-13(10)18/h2-7,14,19H,1H3. The first-order valence-electron chi connectivity index (χ1n) is 5.60. The van der Waals surface area contributed by atoms with Crippen molar-refractivity contribution in [3.8, 4) is 0 Å². The average molecular weight is 347 g/mol. The molecule has 0 aliphatic carbocycles. The fourth-order valence-corrected chi connectivity index (χ4v) is 2.43. The van der Waals surface area contributed by atoms with E-state index in [1.54, 1.807) is 19.2 Å². The largest absolute Gasteiger partial charge is 0.309 e. The maximum atomic E-state index is 14.0. The second kappa shape index (κ2) is 5.99. The van der Waals surface area contributed by atoms with Gasteiger partial charge in [-0.05, 0) is 52.8 Å². The molecule has 1 nitrogen and oxygen atoms in total. The zero-order chi connectivity index (χ0) is 14.0. The Bertz CT molecular complexity index is 604. The van der Waals surface area contributed by atoms with Crippen molar-refractivity contribution in [3.05, 3.63) is 68.7 Å². The Morgan fingerprint density at radius 2 is 1.95 bits per heavy atom. The van der Waals surface area contributed by atoms with Crippen molar-refractivity contribution >= 4 is 27.5 Å². The van der Waals surface area contributed by atoms with Gasteiger partial charge in [0.05, 0.1) is 11.1 Å². The topological polar surface area (TPSA) is 12.0 Å². The molecule has 100 valence electrons. The lowest BCUT2D eigenvalue weighted by Gasteiger charge is -2.18. The van der Waals surface area contributed by atoms with Gasteiger partial charge in [-0.1, -0.05) is 23.7 Å². The Labute approximate surface area is 123 Å². The van der Waals surface area contributed by atoms with E-state index >= 15 is 0 Å². The summed E-state index contributed by atoms with van der Waals surface area (Å²) in [4.78, 5) is 0. The van der Waals surface area contributed by atoms with Gasteiger partial charge in [-0.25, -0.2) is 8.78 Å². The van der Waals surface area contributed by atoms with Crippen molar-refractivity contribution in [2.45, 2.75) is 6.04 Å². The number of benzene rings is 2. The molecule has 2 rings (SSSR count). The zero-order valence-electron chi connectivity index (χ0n) is 10.1. The summed E-state index contributed by atoms with van der Waals surface area (Å²) in [6.45, 7) is 0. The highest BCUT2D eigenvalue weighted by Gasteiger charge is 2.18. The molecular weight excluding hydrogens is 336 g/mol. The molecule has 0 spiro atoms. The molecule has 0 amide bonds. The lowest BCUT2D eigenvalue weighted by molar-refractivity contribution is 0.571. The summed E-state index contributed by atoms with van der Waals surface area (Å²) < 4.78 is 27.8. The van der Waals surface area contributed by atoms with Crippen LogP contribution in [0.25, 0.3) is 0 Å². The fourth-order valence-electron chi connectivity index (χ4n) is 1.95. The van der Waals surface area contributed by atoms with E-state index in [9.17, 15) is 8.78 Å². The second-order valence-corrected chi connectivity index (χ2v) is 5.33. The van der Waals surface area contributed by atoms with Crippen molar-refractivity contribution in [1.29, 1.82) is 0 Å². The van der Waals surface area contributed by atoms with Gasteiger partial charge in [0.15, 0.2) is 0 Å². The van der Waals surface area contributed by atoms with Crippen LogP contribution < -0.4 is 5.32 Å². The molecule has 19 heavy (non-hydrogen) atoms. The summed E-state index contributed by atoms with van der Waals surface area (Å²) in [5, 5.41) is 3.38. The maximum absolute atomic E-state index is 14.0. The van der Waals surface area contributed by atoms with Crippen LogP contribution in [0.15, 0.2) is 40.9 Å². The highest BCUT2D eigenvalue weighted by Crippen LogP contribution is 2.31. The van der Waals surface area contributed by atoms with E-state index in [4.69, 9.17) is 11.6 Å². The normalized spacial score (nSPS) is 12.5.